The van der Waals surface area contributed by atoms with Crippen LogP contribution in [-0.2, 0) is 9.53 Å². The molecule has 1 amide bonds. The van der Waals surface area contributed by atoms with Crippen LogP contribution in [0.25, 0.3) is 10.8 Å². The molecule has 0 saturated heterocycles. The molecule has 152 valence electrons. The van der Waals surface area contributed by atoms with Gasteiger partial charge < -0.3 is 14.8 Å². The lowest BCUT2D eigenvalue weighted by atomic mass is 9.78. The van der Waals surface area contributed by atoms with Crippen molar-refractivity contribution in [3.05, 3.63) is 36.4 Å². The van der Waals surface area contributed by atoms with Crippen LogP contribution >= 0.6 is 0 Å². The summed E-state index contributed by atoms with van der Waals surface area (Å²) in [7, 11) is 0. The van der Waals surface area contributed by atoms with Crippen molar-refractivity contribution < 1.29 is 14.3 Å². The Labute approximate surface area is 168 Å². The van der Waals surface area contributed by atoms with Crippen molar-refractivity contribution in [3.8, 4) is 5.75 Å². The summed E-state index contributed by atoms with van der Waals surface area (Å²) in [4.78, 5) is 13.3. The van der Waals surface area contributed by atoms with Crippen molar-refractivity contribution in [1.29, 1.82) is 0 Å². The molecule has 1 aliphatic rings. The van der Waals surface area contributed by atoms with Crippen molar-refractivity contribution in [2.24, 2.45) is 5.92 Å². The lowest BCUT2D eigenvalue weighted by molar-refractivity contribution is -0.147. The van der Waals surface area contributed by atoms with Crippen LogP contribution in [-0.4, -0.2) is 24.2 Å². The van der Waals surface area contributed by atoms with E-state index in [1.807, 2.05) is 43.3 Å². The van der Waals surface area contributed by atoms with Gasteiger partial charge in [-0.25, -0.2) is 0 Å². The van der Waals surface area contributed by atoms with Crippen molar-refractivity contribution in [3.63, 3.8) is 0 Å². The van der Waals surface area contributed by atoms with Crippen LogP contribution in [0.4, 0.5) is 5.69 Å². The minimum Gasteiger partial charge on any atom is -0.490 e. The lowest BCUT2D eigenvalue weighted by Crippen LogP contribution is -2.48. The molecule has 3 atom stereocenters. The quantitative estimate of drug-likeness (QED) is 0.643. The van der Waals surface area contributed by atoms with Crippen LogP contribution in [0.3, 0.4) is 0 Å². The first-order valence-corrected chi connectivity index (χ1v) is 10.6. The Morgan fingerprint density at radius 3 is 2.64 bits per heavy atom. The fraction of sp³-hybridized carbons (Fsp3) is 0.542. The molecule has 0 unspecified atom stereocenters. The molecule has 0 aliphatic heterocycles. The van der Waals surface area contributed by atoms with Gasteiger partial charge in [0, 0.05) is 23.1 Å². The largest absolute Gasteiger partial charge is 0.490 e. The van der Waals surface area contributed by atoms with E-state index in [4.69, 9.17) is 9.47 Å². The number of benzene rings is 2. The maximum absolute atomic E-state index is 13.3. The van der Waals surface area contributed by atoms with Gasteiger partial charge in [-0.2, -0.15) is 0 Å². The Balaban J connectivity index is 1.91. The van der Waals surface area contributed by atoms with Gasteiger partial charge in [0.25, 0.3) is 5.91 Å². The standard InChI is InChI=1S/C24H33NO3/c1-5-18(4)28-22-14-13-21(19-11-7-8-12-20(19)22)25-23(26)24(27-6-2)15-9-10-17(3)16-24/h7-8,11-14,17-18H,5-6,9-10,15-16H2,1-4H3,(H,25,26)/t17-,18-,24+/m1/s1. The van der Waals surface area contributed by atoms with E-state index in [1.54, 1.807) is 0 Å². The second-order valence-electron chi connectivity index (χ2n) is 8.08. The van der Waals surface area contributed by atoms with E-state index < -0.39 is 5.60 Å². The second-order valence-corrected chi connectivity index (χ2v) is 8.08. The Bertz CT molecular complexity index is 815. The zero-order chi connectivity index (χ0) is 20.1. The number of carbonyl (C=O) groups is 1. The number of nitrogens with one attached hydrogen (secondary N) is 1. The molecule has 0 heterocycles. The SMILES string of the molecule is CCO[C@@]1(C(=O)Nc2ccc(O[C@H](C)CC)c3ccccc23)CCC[C@@H](C)C1. The Morgan fingerprint density at radius 2 is 1.96 bits per heavy atom. The highest BCUT2D eigenvalue weighted by Crippen LogP contribution is 2.38. The highest BCUT2D eigenvalue weighted by molar-refractivity contribution is 6.06. The van der Waals surface area contributed by atoms with E-state index >= 15 is 0 Å². The minimum atomic E-state index is -0.723. The molecule has 1 saturated carbocycles. The summed E-state index contributed by atoms with van der Waals surface area (Å²) in [6.07, 6.45) is 4.84. The zero-order valence-electron chi connectivity index (χ0n) is 17.6. The predicted molar refractivity (Wildman–Crippen MR) is 115 cm³/mol. The maximum atomic E-state index is 13.3. The summed E-state index contributed by atoms with van der Waals surface area (Å²) >= 11 is 0. The second kappa shape index (κ2) is 8.95. The molecular weight excluding hydrogens is 350 g/mol. The molecule has 0 bridgehead atoms. The van der Waals surface area contributed by atoms with Gasteiger partial charge in [0.2, 0.25) is 0 Å². The molecule has 1 fully saturated rings. The van der Waals surface area contributed by atoms with E-state index in [1.165, 1.54) is 0 Å². The first-order chi connectivity index (χ1) is 13.5. The number of carbonyl (C=O) groups excluding carboxylic acids is 1. The third kappa shape index (κ3) is 4.33. The van der Waals surface area contributed by atoms with Crippen LogP contribution in [0.2, 0.25) is 0 Å². The average Bonchev–Trinajstić information content (AvgIpc) is 2.69. The van der Waals surface area contributed by atoms with Crippen molar-refractivity contribution in [1.82, 2.24) is 0 Å². The van der Waals surface area contributed by atoms with Crippen molar-refractivity contribution >= 4 is 22.4 Å². The number of hydrogen-bond acceptors (Lipinski definition) is 3. The van der Waals surface area contributed by atoms with Gasteiger partial charge in [0.1, 0.15) is 11.4 Å². The van der Waals surface area contributed by atoms with Gasteiger partial charge in [-0.15, -0.1) is 0 Å². The molecule has 1 aliphatic carbocycles. The maximum Gasteiger partial charge on any atom is 0.256 e. The third-order valence-electron chi connectivity index (χ3n) is 5.83. The normalized spacial score (nSPS) is 23.4. The van der Waals surface area contributed by atoms with Gasteiger partial charge >= 0.3 is 0 Å². The first-order valence-electron chi connectivity index (χ1n) is 10.6. The Kier molecular flexibility index (Phi) is 6.61. The van der Waals surface area contributed by atoms with Gasteiger partial charge in [0.05, 0.1) is 6.10 Å². The Hall–Kier alpha value is -2.07. The highest BCUT2D eigenvalue weighted by atomic mass is 16.5. The number of fused-ring (bicyclic) bond motifs is 1. The summed E-state index contributed by atoms with van der Waals surface area (Å²) in [5, 5.41) is 5.19. The number of anilines is 1. The third-order valence-corrected chi connectivity index (χ3v) is 5.83. The van der Waals surface area contributed by atoms with E-state index in [9.17, 15) is 4.79 Å². The van der Waals surface area contributed by atoms with Crippen molar-refractivity contribution in [2.75, 3.05) is 11.9 Å². The van der Waals surface area contributed by atoms with Crippen LogP contribution in [0.5, 0.6) is 5.75 Å². The fourth-order valence-corrected chi connectivity index (χ4v) is 4.20. The molecule has 28 heavy (non-hydrogen) atoms. The van der Waals surface area contributed by atoms with Crippen LogP contribution in [0.1, 0.15) is 59.8 Å². The van der Waals surface area contributed by atoms with Gasteiger partial charge in [-0.1, -0.05) is 44.5 Å². The van der Waals surface area contributed by atoms with E-state index in [0.717, 1.165) is 54.3 Å². The number of ether oxygens (including phenoxy) is 2. The molecule has 3 rings (SSSR count). The molecule has 1 N–H and O–H groups in total. The number of hydrogen-bond donors (Lipinski definition) is 1. The summed E-state index contributed by atoms with van der Waals surface area (Å²) in [6.45, 7) is 8.89. The highest BCUT2D eigenvalue weighted by Gasteiger charge is 2.42. The molecule has 2 aromatic carbocycles. The topological polar surface area (TPSA) is 47.6 Å². The zero-order valence-corrected chi connectivity index (χ0v) is 17.6. The van der Waals surface area contributed by atoms with Crippen molar-refractivity contribution in [2.45, 2.75) is 71.5 Å². The molecule has 0 spiro atoms. The lowest BCUT2D eigenvalue weighted by Gasteiger charge is -2.38. The summed E-state index contributed by atoms with van der Waals surface area (Å²) in [6, 6.07) is 12.0. The first kappa shape index (κ1) is 20.7. The van der Waals surface area contributed by atoms with Crippen LogP contribution < -0.4 is 10.1 Å². The molecule has 4 nitrogen and oxygen atoms in total. The minimum absolute atomic E-state index is 0.0263. The monoisotopic (exact) mass is 383 g/mol. The summed E-state index contributed by atoms with van der Waals surface area (Å²) in [5.74, 6) is 1.32. The predicted octanol–water partition coefficient (Wildman–Crippen LogP) is 5.94. The molecule has 0 radical (unpaired) electrons. The molecule has 2 aromatic rings. The smallest absolute Gasteiger partial charge is 0.256 e. The Morgan fingerprint density at radius 1 is 1.21 bits per heavy atom. The number of rotatable bonds is 7. The molecule has 0 aromatic heterocycles. The van der Waals surface area contributed by atoms with Gasteiger partial charge in [-0.05, 0) is 57.6 Å². The van der Waals surface area contributed by atoms with Crippen LogP contribution in [0, 0.1) is 5.92 Å². The molecular formula is C24H33NO3. The fourth-order valence-electron chi connectivity index (χ4n) is 4.20. The van der Waals surface area contributed by atoms with Crippen LogP contribution in [0.15, 0.2) is 36.4 Å². The summed E-state index contributed by atoms with van der Waals surface area (Å²) < 4.78 is 12.1. The van der Waals surface area contributed by atoms with E-state index in [2.05, 4.69) is 26.1 Å². The number of amides is 1. The molecule has 4 heteroatoms. The van der Waals surface area contributed by atoms with E-state index in [0.29, 0.717) is 12.5 Å². The van der Waals surface area contributed by atoms with E-state index in [-0.39, 0.29) is 12.0 Å². The summed E-state index contributed by atoms with van der Waals surface area (Å²) in [5.41, 5.74) is 0.0915. The van der Waals surface area contributed by atoms with Gasteiger partial charge in [-0.3, -0.25) is 4.79 Å². The average molecular weight is 384 g/mol. The van der Waals surface area contributed by atoms with Gasteiger partial charge in [0.15, 0.2) is 0 Å².